The summed E-state index contributed by atoms with van der Waals surface area (Å²) in [5, 5.41) is 12.3. The summed E-state index contributed by atoms with van der Waals surface area (Å²) in [6, 6.07) is 0. The first-order valence-corrected chi connectivity index (χ1v) is 11.4. The molecule has 0 saturated heterocycles. The second kappa shape index (κ2) is 18.6. The zero-order chi connectivity index (χ0) is 21.1. The summed E-state index contributed by atoms with van der Waals surface area (Å²) in [5.41, 5.74) is 0. The predicted molar refractivity (Wildman–Crippen MR) is 110 cm³/mol. The fourth-order valence-electron chi connectivity index (χ4n) is 2.73. The third kappa shape index (κ3) is 13.7. The van der Waals surface area contributed by atoms with Crippen LogP contribution in [0.1, 0.15) is 98.3 Å². The van der Waals surface area contributed by atoms with Crippen LogP contribution in [-0.2, 0) is 28.7 Å². The highest BCUT2D eigenvalue weighted by Gasteiger charge is 2.36. The molecule has 2 unspecified atom stereocenters. The molecule has 28 heavy (non-hydrogen) atoms. The molecule has 0 fully saturated rings. The van der Waals surface area contributed by atoms with E-state index in [1.54, 1.807) is 0 Å². The Morgan fingerprint density at radius 3 is 2.32 bits per heavy atom. The maximum atomic E-state index is 12.5. The van der Waals surface area contributed by atoms with E-state index < -0.39 is 4.75 Å². The number of unbranched alkanes of at least 4 members (excludes halogenated alkanes) is 5. The lowest BCUT2D eigenvalue weighted by atomic mass is 10.0. The Morgan fingerprint density at radius 2 is 1.71 bits per heavy atom. The van der Waals surface area contributed by atoms with Gasteiger partial charge in [0.05, 0.1) is 24.4 Å². The molecule has 7 nitrogen and oxygen atoms in total. The molecule has 0 aromatic carbocycles. The van der Waals surface area contributed by atoms with Crippen molar-refractivity contribution in [1.29, 1.82) is 0 Å². The summed E-state index contributed by atoms with van der Waals surface area (Å²) in [5.74, 6) is -0.314. The van der Waals surface area contributed by atoms with E-state index in [1.807, 2.05) is 13.8 Å². The number of ether oxygens (including phenoxy) is 1. The van der Waals surface area contributed by atoms with Crippen molar-refractivity contribution in [2.45, 2.75) is 109 Å². The van der Waals surface area contributed by atoms with Gasteiger partial charge in [0.2, 0.25) is 0 Å². The van der Waals surface area contributed by atoms with Gasteiger partial charge in [0.25, 0.3) is 0 Å². The Kier molecular flexibility index (Phi) is 18.4. The standard InChI is InChI=1S/C20H40O7S/c1-5-9-11-13-15-23-24-17-20(8-4,28-27-26-22)16-19(21)25-18(7-3)14-12-10-6-2/h18,22H,5-17H2,1-4H3. The van der Waals surface area contributed by atoms with Crippen LogP contribution in [0.5, 0.6) is 0 Å². The maximum Gasteiger partial charge on any atom is 0.307 e. The van der Waals surface area contributed by atoms with Gasteiger partial charge in [-0.1, -0.05) is 64.8 Å². The molecule has 0 aliphatic carbocycles. The highest BCUT2D eigenvalue weighted by Crippen LogP contribution is 2.35. The van der Waals surface area contributed by atoms with Gasteiger partial charge in [-0.3, -0.25) is 4.79 Å². The summed E-state index contributed by atoms with van der Waals surface area (Å²) in [6.07, 6.45) is 9.86. The molecule has 0 rings (SSSR count). The Bertz CT molecular complexity index is 370. The predicted octanol–water partition coefficient (Wildman–Crippen LogP) is 6.03. The molecule has 0 aliphatic heterocycles. The van der Waals surface area contributed by atoms with Crippen LogP contribution < -0.4 is 0 Å². The van der Waals surface area contributed by atoms with Gasteiger partial charge < -0.3 is 4.74 Å². The lowest BCUT2D eigenvalue weighted by Gasteiger charge is -2.28. The molecule has 0 amide bonds. The van der Waals surface area contributed by atoms with Gasteiger partial charge in [0, 0.05) is 12.0 Å². The Morgan fingerprint density at radius 1 is 1.00 bits per heavy atom. The lowest BCUT2D eigenvalue weighted by molar-refractivity contribution is -0.433. The van der Waals surface area contributed by atoms with E-state index in [9.17, 15) is 4.79 Å². The first kappa shape index (κ1) is 27.6. The second-order valence-electron chi connectivity index (χ2n) is 7.10. The molecule has 1 N–H and O–H groups in total. The summed E-state index contributed by atoms with van der Waals surface area (Å²) >= 11 is 0.847. The number of carbonyl (C=O) groups excluding carboxylic acids is 1. The molecule has 0 bridgehead atoms. The van der Waals surface area contributed by atoms with Crippen LogP contribution >= 0.6 is 12.0 Å². The smallest absolute Gasteiger partial charge is 0.307 e. The highest BCUT2D eigenvalue weighted by molar-refractivity contribution is 7.96. The monoisotopic (exact) mass is 424 g/mol. The normalized spacial score (nSPS) is 14.6. The third-order valence-corrected chi connectivity index (χ3v) is 5.76. The van der Waals surface area contributed by atoms with Crippen LogP contribution in [0.25, 0.3) is 0 Å². The van der Waals surface area contributed by atoms with Crippen LogP contribution in [0.15, 0.2) is 0 Å². The fourth-order valence-corrected chi connectivity index (χ4v) is 3.30. The molecule has 2 atom stereocenters. The van der Waals surface area contributed by atoms with Gasteiger partial charge in [0.1, 0.15) is 6.10 Å². The number of esters is 1. The first-order valence-electron chi connectivity index (χ1n) is 10.7. The van der Waals surface area contributed by atoms with Gasteiger partial charge in [-0.15, -0.1) is 4.33 Å². The average Bonchev–Trinajstić information content (AvgIpc) is 2.70. The van der Waals surface area contributed by atoms with Crippen LogP contribution in [-0.4, -0.2) is 35.3 Å². The van der Waals surface area contributed by atoms with Crippen molar-refractivity contribution in [2.75, 3.05) is 13.2 Å². The van der Waals surface area contributed by atoms with E-state index in [4.69, 9.17) is 19.8 Å². The van der Waals surface area contributed by atoms with Gasteiger partial charge in [-0.05, 0) is 32.1 Å². The van der Waals surface area contributed by atoms with Crippen molar-refractivity contribution in [3.63, 3.8) is 0 Å². The molecule has 0 radical (unpaired) electrons. The summed E-state index contributed by atoms with van der Waals surface area (Å²) in [6.45, 7) is 8.84. The molecular weight excluding hydrogens is 384 g/mol. The molecular formula is C20H40O7S. The lowest BCUT2D eigenvalue weighted by Crippen LogP contribution is -2.35. The number of hydrogen-bond acceptors (Lipinski definition) is 8. The number of hydrogen-bond donors (Lipinski definition) is 1. The summed E-state index contributed by atoms with van der Waals surface area (Å²) in [4.78, 5) is 23.1. The second-order valence-corrected chi connectivity index (χ2v) is 8.27. The number of carbonyl (C=O) groups is 1. The molecule has 0 aliphatic rings. The maximum absolute atomic E-state index is 12.5. The number of rotatable bonds is 20. The van der Waals surface area contributed by atoms with Gasteiger partial charge in [-0.2, -0.15) is 0 Å². The zero-order valence-electron chi connectivity index (χ0n) is 18.1. The largest absolute Gasteiger partial charge is 0.462 e. The molecule has 0 aromatic heterocycles. The SMILES string of the molecule is CCCCCCOOCC(CC)(CC(=O)OC(CC)CCCCC)SOOO. The third-order valence-electron chi connectivity index (χ3n) is 4.72. The molecule has 168 valence electrons. The Balaban J connectivity index is 4.55. The quantitative estimate of drug-likeness (QED) is 0.0834. The summed E-state index contributed by atoms with van der Waals surface area (Å²) in [7, 11) is 0. The van der Waals surface area contributed by atoms with Crippen LogP contribution in [0.4, 0.5) is 0 Å². The van der Waals surface area contributed by atoms with Gasteiger partial charge >= 0.3 is 5.97 Å². The van der Waals surface area contributed by atoms with Crippen molar-refractivity contribution in [3.05, 3.63) is 0 Å². The van der Waals surface area contributed by atoms with E-state index in [0.717, 1.165) is 63.4 Å². The highest BCUT2D eigenvalue weighted by atomic mass is 32.2. The van der Waals surface area contributed by atoms with Crippen molar-refractivity contribution in [3.8, 4) is 0 Å². The van der Waals surface area contributed by atoms with Crippen molar-refractivity contribution in [2.24, 2.45) is 0 Å². The van der Waals surface area contributed by atoms with Crippen molar-refractivity contribution in [1.82, 2.24) is 0 Å². The van der Waals surface area contributed by atoms with Gasteiger partial charge in [0.15, 0.2) is 0 Å². The minimum absolute atomic E-state index is 0.0704. The van der Waals surface area contributed by atoms with Gasteiger partial charge in [-0.25, -0.2) is 15.0 Å². The molecule has 0 aromatic rings. The van der Waals surface area contributed by atoms with Crippen molar-refractivity contribution >= 4 is 18.0 Å². The van der Waals surface area contributed by atoms with E-state index in [1.165, 1.54) is 6.42 Å². The Labute approximate surface area is 174 Å². The van der Waals surface area contributed by atoms with Crippen molar-refractivity contribution < 1.29 is 33.9 Å². The van der Waals surface area contributed by atoms with E-state index in [0.29, 0.717) is 13.0 Å². The molecule has 0 saturated carbocycles. The van der Waals surface area contributed by atoms with Crippen LogP contribution in [0.2, 0.25) is 0 Å². The topological polar surface area (TPSA) is 83.5 Å². The molecule has 0 spiro atoms. The average molecular weight is 425 g/mol. The van der Waals surface area contributed by atoms with Crippen LogP contribution in [0.3, 0.4) is 0 Å². The Hall–Kier alpha value is -0.380. The summed E-state index contributed by atoms with van der Waals surface area (Å²) < 4.78 is 9.52. The zero-order valence-corrected chi connectivity index (χ0v) is 18.9. The van der Waals surface area contributed by atoms with E-state index >= 15 is 0 Å². The fraction of sp³-hybridized carbons (Fsp3) is 0.950. The minimum atomic E-state index is -0.773. The molecule has 8 heteroatoms. The first-order chi connectivity index (χ1) is 13.6. The van der Waals surface area contributed by atoms with Crippen LogP contribution in [0, 0.1) is 0 Å². The van der Waals surface area contributed by atoms with E-state index in [2.05, 4.69) is 23.2 Å². The minimum Gasteiger partial charge on any atom is -0.462 e. The molecule has 0 heterocycles. The van der Waals surface area contributed by atoms with E-state index in [-0.39, 0.29) is 25.1 Å².